The number of rotatable bonds is 4. The van der Waals surface area contributed by atoms with Gasteiger partial charge in [0.15, 0.2) is 0 Å². The minimum atomic E-state index is -0.0201. The SMILES string of the molecule is CC1=C(C=C/C(C)=C/c2cc3ccc(C(=O)N(C)C)cc3o2)C(C)(C)CCC1. The number of allylic oxidation sites excluding steroid dienone is 5. The maximum absolute atomic E-state index is 12.1. The van der Waals surface area contributed by atoms with Gasteiger partial charge in [0.05, 0.1) is 0 Å². The third kappa shape index (κ3) is 4.30. The van der Waals surface area contributed by atoms with Crippen molar-refractivity contribution in [2.45, 2.75) is 47.0 Å². The number of benzene rings is 1. The Morgan fingerprint density at radius 2 is 1.96 bits per heavy atom. The second kappa shape index (κ2) is 7.83. The van der Waals surface area contributed by atoms with Gasteiger partial charge in [-0.25, -0.2) is 0 Å². The molecule has 1 aliphatic carbocycles. The van der Waals surface area contributed by atoms with Crippen LogP contribution in [0.5, 0.6) is 0 Å². The van der Waals surface area contributed by atoms with Crippen LogP contribution in [0.2, 0.25) is 0 Å². The van der Waals surface area contributed by atoms with E-state index in [0.717, 1.165) is 22.3 Å². The first kappa shape index (κ1) is 20.2. The lowest BCUT2D eigenvalue weighted by atomic mass is 9.72. The van der Waals surface area contributed by atoms with Crippen molar-refractivity contribution >= 4 is 23.0 Å². The Kier molecular flexibility index (Phi) is 5.64. The van der Waals surface area contributed by atoms with Crippen molar-refractivity contribution in [2.24, 2.45) is 5.41 Å². The van der Waals surface area contributed by atoms with Gasteiger partial charge in [-0.1, -0.05) is 37.6 Å². The molecule has 3 heteroatoms. The largest absolute Gasteiger partial charge is 0.457 e. The molecule has 1 aromatic carbocycles. The summed E-state index contributed by atoms with van der Waals surface area (Å²) in [6.45, 7) is 9.02. The van der Waals surface area contributed by atoms with Crippen molar-refractivity contribution in [2.75, 3.05) is 14.1 Å². The number of hydrogen-bond donors (Lipinski definition) is 0. The number of fused-ring (bicyclic) bond motifs is 1. The van der Waals surface area contributed by atoms with Gasteiger partial charge in [-0.05, 0) is 73.9 Å². The molecule has 0 spiro atoms. The van der Waals surface area contributed by atoms with E-state index in [1.165, 1.54) is 30.4 Å². The van der Waals surface area contributed by atoms with Gasteiger partial charge in [0.25, 0.3) is 5.91 Å². The zero-order chi connectivity index (χ0) is 20.5. The summed E-state index contributed by atoms with van der Waals surface area (Å²) in [7, 11) is 3.51. The third-order valence-corrected chi connectivity index (χ3v) is 5.62. The lowest BCUT2D eigenvalue weighted by molar-refractivity contribution is 0.0827. The number of nitrogens with zero attached hydrogens (tertiary/aromatic N) is 1. The van der Waals surface area contributed by atoms with Gasteiger partial charge in [0.2, 0.25) is 0 Å². The Morgan fingerprint density at radius 1 is 1.21 bits per heavy atom. The molecule has 0 aliphatic heterocycles. The van der Waals surface area contributed by atoms with Gasteiger partial charge >= 0.3 is 0 Å². The second-order valence-corrected chi connectivity index (χ2v) is 8.75. The average Bonchev–Trinajstić information content (AvgIpc) is 3.01. The highest BCUT2D eigenvalue weighted by Crippen LogP contribution is 2.40. The van der Waals surface area contributed by atoms with Crippen LogP contribution in [-0.4, -0.2) is 24.9 Å². The molecular weight excluding hydrogens is 346 g/mol. The standard InChI is InChI=1S/C25H31NO2/c1-17(9-12-22-18(2)8-7-13-25(22,3)4)14-21-15-19-10-11-20(16-23(19)28-21)24(27)26(5)6/h9-12,14-16H,7-8,13H2,1-6H3/b12-9?,17-14+. The fourth-order valence-electron chi connectivity index (χ4n) is 4.01. The second-order valence-electron chi connectivity index (χ2n) is 8.75. The first-order valence-corrected chi connectivity index (χ1v) is 9.99. The van der Waals surface area contributed by atoms with E-state index in [-0.39, 0.29) is 11.3 Å². The summed E-state index contributed by atoms with van der Waals surface area (Å²) in [5.74, 6) is 0.786. The summed E-state index contributed by atoms with van der Waals surface area (Å²) in [6.07, 6.45) is 10.2. The van der Waals surface area contributed by atoms with E-state index < -0.39 is 0 Å². The molecule has 0 bridgehead atoms. The molecule has 0 atom stereocenters. The molecule has 148 valence electrons. The lowest BCUT2D eigenvalue weighted by Gasteiger charge is -2.32. The van der Waals surface area contributed by atoms with Gasteiger partial charge in [-0.15, -0.1) is 0 Å². The summed E-state index contributed by atoms with van der Waals surface area (Å²) >= 11 is 0. The average molecular weight is 378 g/mol. The Morgan fingerprint density at radius 3 is 2.64 bits per heavy atom. The van der Waals surface area contributed by atoms with Crippen LogP contribution < -0.4 is 0 Å². The van der Waals surface area contributed by atoms with Crippen molar-refractivity contribution in [3.8, 4) is 0 Å². The van der Waals surface area contributed by atoms with Crippen molar-refractivity contribution in [1.82, 2.24) is 4.90 Å². The first-order chi connectivity index (χ1) is 13.2. The Bertz CT molecular complexity index is 983. The Balaban J connectivity index is 1.84. The smallest absolute Gasteiger partial charge is 0.253 e. The van der Waals surface area contributed by atoms with E-state index in [1.54, 1.807) is 19.0 Å². The lowest BCUT2D eigenvalue weighted by Crippen LogP contribution is -2.21. The van der Waals surface area contributed by atoms with Crippen LogP contribution >= 0.6 is 0 Å². The maximum atomic E-state index is 12.1. The molecular formula is C25H31NO2. The molecule has 0 fully saturated rings. The monoisotopic (exact) mass is 377 g/mol. The third-order valence-electron chi connectivity index (χ3n) is 5.62. The van der Waals surface area contributed by atoms with E-state index in [1.807, 2.05) is 24.3 Å². The van der Waals surface area contributed by atoms with E-state index in [0.29, 0.717) is 5.56 Å². The molecule has 3 rings (SSSR count). The van der Waals surface area contributed by atoms with Crippen molar-refractivity contribution in [3.05, 3.63) is 64.5 Å². The molecule has 0 radical (unpaired) electrons. The highest BCUT2D eigenvalue weighted by atomic mass is 16.3. The van der Waals surface area contributed by atoms with Gasteiger partial charge in [-0.3, -0.25) is 4.79 Å². The fraction of sp³-hybridized carbons (Fsp3) is 0.400. The minimum absolute atomic E-state index is 0.0201. The molecule has 0 saturated carbocycles. The van der Waals surface area contributed by atoms with E-state index >= 15 is 0 Å². The van der Waals surface area contributed by atoms with Crippen molar-refractivity contribution in [3.63, 3.8) is 0 Å². The molecule has 0 unspecified atom stereocenters. The zero-order valence-electron chi connectivity index (χ0n) is 17.9. The Labute approximate surface area is 168 Å². The number of carbonyl (C=O) groups excluding carboxylic acids is 1. The van der Waals surface area contributed by atoms with Crippen LogP contribution in [0.1, 0.15) is 63.1 Å². The van der Waals surface area contributed by atoms with Crippen LogP contribution in [0.3, 0.4) is 0 Å². The fourth-order valence-corrected chi connectivity index (χ4v) is 4.01. The molecule has 0 N–H and O–H groups in total. The molecule has 2 aromatic rings. The first-order valence-electron chi connectivity index (χ1n) is 9.99. The topological polar surface area (TPSA) is 33.5 Å². The van der Waals surface area contributed by atoms with E-state index in [9.17, 15) is 4.79 Å². The van der Waals surface area contributed by atoms with Crippen molar-refractivity contribution in [1.29, 1.82) is 0 Å². The van der Waals surface area contributed by atoms with Gasteiger partial charge in [0.1, 0.15) is 11.3 Å². The van der Waals surface area contributed by atoms with Gasteiger partial charge < -0.3 is 9.32 Å². The van der Waals surface area contributed by atoms with Crippen LogP contribution in [0.15, 0.2) is 57.6 Å². The number of carbonyl (C=O) groups is 1. The van der Waals surface area contributed by atoms with Crippen molar-refractivity contribution < 1.29 is 9.21 Å². The molecule has 1 heterocycles. The van der Waals surface area contributed by atoms with Gasteiger partial charge in [0, 0.05) is 25.0 Å². The quantitative estimate of drug-likeness (QED) is 0.561. The molecule has 1 amide bonds. The predicted octanol–water partition coefficient (Wildman–Crippen LogP) is 6.62. The highest BCUT2D eigenvalue weighted by molar-refractivity contribution is 5.97. The summed E-state index contributed by atoms with van der Waals surface area (Å²) < 4.78 is 5.97. The molecule has 1 aliphatic rings. The Hall–Kier alpha value is -2.55. The normalized spacial score (nSPS) is 17.6. The number of furan rings is 1. The van der Waals surface area contributed by atoms with Crippen LogP contribution in [-0.2, 0) is 0 Å². The molecule has 3 nitrogen and oxygen atoms in total. The van der Waals surface area contributed by atoms with Crippen LogP contribution in [0, 0.1) is 5.41 Å². The van der Waals surface area contributed by atoms with Gasteiger partial charge in [-0.2, -0.15) is 0 Å². The molecule has 0 saturated heterocycles. The summed E-state index contributed by atoms with van der Waals surface area (Å²) in [4.78, 5) is 13.7. The number of amides is 1. The molecule has 28 heavy (non-hydrogen) atoms. The van der Waals surface area contributed by atoms with E-state index in [2.05, 4.69) is 45.9 Å². The summed E-state index contributed by atoms with van der Waals surface area (Å²) in [5, 5.41) is 1.00. The predicted molar refractivity (Wildman–Crippen MR) is 117 cm³/mol. The maximum Gasteiger partial charge on any atom is 0.253 e. The highest BCUT2D eigenvalue weighted by Gasteiger charge is 2.26. The number of hydrogen-bond acceptors (Lipinski definition) is 2. The van der Waals surface area contributed by atoms with Crippen LogP contribution in [0.25, 0.3) is 17.0 Å². The summed E-state index contributed by atoms with van der Waals surface area (Å²) in [6, 6.07) is 7.63. The van der Waals surface area contributed by atoms with Crippen LogP contribution in [0.4, 0.5) is 0 Å². The summed E-state index contributed by atoms with van der Waals surface area (Å²) in [5.41, 5.74) is 5.73. The van der Waals surface area contributed by atoms with E-state index in [4.69, 9.17) is 4.42 Å². The zero-order valence-corrected chi connectivity index (χ0v) is 17.9. The minimum Gasteiger partial charge on any atom is -0.457 e. The molecule has 1 aromatic heterocycles.